The molecule has 0 spiro atoms. The zero-order chi connectivity index (χ0) is 13.0. The minimum atomic E-state index is 0.117. The fourth-order valence-electron chi connectivity index (χ4n) is 1.51. The Hall–Kier alpha value is -2.01. The number of benzene rings is 1. The third kappa shape index (κ3) is 2.81. The Kier molecular flexibility index (Phi) is 3.84. The molecule has 5 heteroatoms. The van der Waals surface area contributed by atoms with E-state index in [0.717, 1.165) is 20.9 Å². The van der Waals surface area contributed by atoms with Crippen molar-refractivity contribution in [1.82, 2.24) is 4.98 Å². The average Bonchev–Trinajstić information content (AvgIpc) is 2.39. The number of nitrogens with two attached hydrogens (primary N) is 1. The second-order valence-electron chi connectivity index (χ2n) is 3.77. The van der Waals surface area contributed by atoms with Crippen LogP contribution in [0.1, 0.15) is 11.1 Å². The molecule has 1 aromatic carbocycles. The summed E-state index contributed by atoms with van der Waals surface area (Å²) in [5.41, 5.74) is 7.53. The van der Waals surface area contributed by atoms with Crippen LogP contribution in [0.25, 0.3) is 0 Å². The van der Waals surface area contributed by atoms with Gasteiger partial charge in [-0.1, -0.05) is 23.0 Å². The molecule has 92 valence electrons. The van der Waals surface area contributed by atoms with Gasteiger partial charge in [-0.25, -0.2) is 0 Å². The van der Waals surface area contributed by atoms with Gasteiger partial charge in [0.1, 0.15) is 0 Å². The Morgan fingerprint density at radius 2 is 2.00 bits per heavy atom. The number of amidine groups is 1. The zero-order valence-electron chi connectivity index (χ0n) is 9.87. The standard InChI is InChI=1S/C13H13N3OS/c1-9-2-3-11(13(14)16-17)12(8-9)18-10-4-6-15-7-5-10/h2-8,17H,1H3,(H2,14,16). The molecule has 0 saturated heterocycles. The number of aromatic nitrogens is 1. The number of hydrogen-bond acceptors (Lipinski definition) is 4. The van der Waals surface area contributed by atoms with Gasteiger partial charge in [-0.05, 0) is 36.8 Å². The second kappa shape index (κ2) is 5.55. The number of pyridine rings is 1. The summed E-state index contributed by atoms with van der Waals surface area (Å²) in [6.45, 7) is 2.01. The summed E-state index contributed by atoms with van der Waals surface area (Å²) in [5.74, 6) is 0.117. The van der Waals surface area contributed by atoms with Gasteiger partial charge in [0.15, 0.2) is 5.84 Å². The molecule has 0 radical (unpaired) electrons. The van der Waals surface area contributed by atoms with Crippen LogP contribution in [0.3, 0.4) is 0 Å². The van der Waals surface area contributed by atoms with Gasteiger partial charge in [0.05, 0.1) is 0 Å². The van der Waals surface area contributed by atoms with Gasteiger partial charge in [-0.2, -0.15) is 0 Å². The molecule has 2 aromatic rings. The fourth-order valence-corrected chi connectivity index (χ4v) is 2.55. The van der Waals surface area contributed by atoms with Gasteiger partial charge >= 0.3 is 0 Å². The maximum Gasteiger partial charge on any atom is 0.171 e. The molecule has 0 unspecified atom stereocenters. The first-order chi connectivity index (χ1) is 8.70. The fraction of sp³-hybridized carbons (Fsp3) is 0.0769. The van der Waals surface area contributed by atoms with E-state index in [0.29, 0.717) is 0 Å². The maximum absolute atomic E-state index is 8.79. The maximum atomic E-state index is 8.79. The normalized spacial score (nSPS) is 11.5. The highest BCUT2D eigenvalue weighted by Gasteiger charge is 2.08. The molecule has 4 nitrogen and oxygen atoms in total. The van der Waals surface area contributed by atoms with Crippen molar-refractivity contribution >= 4 is 17.6 Å². The molecule has 2 rings (SSSR count). The Morgan fingerprint density at radius 3 is 2.67 bits per heavy atom. The zero-order valence-corrected chi connectivity index (χ0v) is 10.7. The van der Waals surface area contributed by atoms with Gasteiger partial charge in [-0.15, -0.1) is 0 Å². The predicted octanol–water partition coefficient (Wildman–Crippen LogP) is 2.64. The molecule has 0 saturated carbocycles. The Morgan fingerprint density at radius 1 is 1.28 bits per heavy atom. The first-order valence-electron chi connectivity index (χ1n) is 5.37. The Balaban J connectivity index is 2.40. The highest BCUT2D eigenvalue weighted by Crippen LogP contribution is 2.30. The van der Waals surface area contributed by atoms with E-state index in [1.54, 1.807) is 24.2 Å². The first-order valence-corrected chi connectivity index (χ1v) is 6.19. The highest BCUT2D eigenvalue weighted by molar-refractivity contribution is 7.99. The summed E-state index contributed by atoms with van der Waals surface area (Å²) >= 11 is 1.56. The monoisotopic (exact) mass is 259 g/mol. The molecule has 0 atom stereocenters. The van der Waals surface area contributed by atoms with Crippen molar-refractivity contribution in [3.8, 4) is 0 Å². The van der Waals surface area contributed by atoms with E-state index in [4.69, 9.17) is 10.9 Å². The SMILES string of the molecule is Cc1ccc(C(N)=NO)c(Sc2ccncc2)c1. The van der Waals surface area contributed by atoms with Gasteiger partial charge in [0.2, 0.25) is 0 Å². The molecule has 18 heavy (non-hydrogen) atoms. The lowest BCUT2D eigenvalue weighted by Crippen LogP contribution is -2.14. The quantitative estimate of drug-likeness (QED) is 0.385. The van der Waals surface area contributed by atoms with Crippen LogP contribution in [0.4, 0.5) is 0 Å². The van der Waals surface area contributed by atoms with Crippen LogP contribution in [0.15, 0.2) is 57.7 Å². The number of hydrogen-bond donors (Lipinski definition) is 2. The minimum absolute atomic E-state index is 0.117. The van der Waals surface area contributed by atoms with Crippen molar-refractivity contribution in [2.45, 2.75) is 16.7 Å². The topological polar surface area (TPSA) is 71.5 Å². The molecule has 3 N–H and O–H groups in total. The lowest BCUT2D eigenvalue weighted by molar-refractivity contribution is 0.318. The average molecular weight is 259 g/mol. The van der Waals surface area contributed by atoms with Crippen molar-refractivity contribution < 1.29 is 5.21 Å². The van der Waals surface area contributed by atoms with Crippen molar-refractivity contribution in [3.05, 3.63) is 53.9 Å². The predicted molar refractivity (Wildman–Crippen MR) is 72.0 cm³/mol. The largest absolute Gasteiger partial charge is 0.409 e. The van der Waals surface area contributed by atoms with Crippen LogP contribution in [-0.4, -0.2) is 16.0 Å². The van der Waals surface area contributed by atoms with Crippen molar-refractivity contribution in [3.63, 3.8) is 0 Å². The Labute approximate surface area is 110 Å². The van der Waals surface area contributed by atoms with E-state index in [1.807, 2.05) is 37.3 Å². The molecular weight excluding hydrogens is 246 g/mol. The van der Waals surface area contributed by atoms with E-state index in [2.05, 4.69) is 10.1 Å². The third-order valence-corrected chi connectivity index (χ3v) is 3.46. The number of nitrogens with zero attached hydrogens (tertiary/aromatic N) is 2. The van der Waals surface area contributed by atoms with Crippen LogP contribution < -0.4 is 5.73 Å². The van der Waals surface area contributed by atoms with E-state index in [1.165, 1.54) is 0 Å². The molecule has 0 fully saturated rings. The summed E-state index contributed by atoms with van der Waals surface area (Å²) in [5, 5.41) is 11.9. The van der Waals surface area contributed by atoms with Crippen LogP contribution >= 0.6 is 11.8 Å². The van der Waals surface area contributed by atoms with Gasteiger partial charge in [-0.3, -0.25) is 4.98 Å². The smallest absolute Gasteiger partial charge is 0.171 e. The first kappa shape index (κ1) is 12.4. The molecule has 0 amide bonds. The number of oxime groups is 1. The number of rotatable bonds is 3. The molecule has 1 aromatic heterocycles. The lowest BCUT2D eigenvalue weighted by atomic mass is 10.1. The Bertz CT molecular complexity index is 570. The molecule has 1 heterocycles. The molecular formula is C13H13N3OS. The van der Waals surface area contributed by atoms with Crippen LogP contribution in [0.2, 0.25) is 0 Å². The molecule has 0 bridgehead atoms. The molecule has 0 aliphatic rings. The van der Waals surface area contributed by atoms with Crippen LogP contribution in [0.5, 0.6) is 0 Å². The van der Waals surface area contributed by atoms with E-state index in [-0.39, 0.29) is 5.84 Å². The molecule has 0 aliphatic heterocycles. The summed E-state index contributed by atoms with van der Waals surface area (Å²) in [7, 11) is 0. The lowest BCUT2D eigenvalue weighted by Gasteiger charge is -2.08. The van der Waals surface area contributed by atoms with Gasteiger partial charge < -0.3 is 10.9 Å². The summed E-state index contributed by atoms with van der Waals surface area (Å²) in [6, 6.07) is 9.64. The minimum Gasteiger partial charge on any atom is -0.409 e. The van der Waals surface area contributed by atoms with Crippen molar-refractivity contribution in [1.29, 1.82) is 0 Å². The summed E-state index contributed by atoms with van der Waals surface area (Å²) in [4.78, 5) is 5.99. The van der Waals surface area contributed by atoms with Crippen LogP contribution in [-0.2, 0) is 0 Å². The molecule has 0 aliphatic carbocycles. The number of aryl methyl sites for hydroxylation is 1. The summed E-state index contributed by atoms with van der Waals surface area (Å²) < 4.78 is 0. The summed E-state index contributed by atoms with van der Waals surface area (Å²) in [6.07, 6.45) is 3.47. The van der Waals surface area contributed by atoms with Gasteiger partial charge in [0.25, 0.3) is 0 Å². The van der Waals surface area contributed by atoms with E-state index in [9.17, 15) is 0 Å². The van der Waals surface area contributed by atoms with E-state index >= 15 is 0 Å². The highest BCUT2D eigenvalue weighted by atomic mass is 32.2. The van der Waals surface area contributed by atoms with Gasteiger partial charge in [0, 0.05) is 27.7 Å². The second-order valence-corrected chi connectivity index (χ2v) is 4.89. The van der Waals surface area contributed by atoms with Crippen molar-refractivity contribution in [2.24, 2.45) is 10.9 Å². The third-order valence-electron chi connectivity index (χ3n) is 2.40. The van der Waals surface area contributed by atoms with Crippen LogP contribution in [0, 0.1) is 6.92 Å². The van der Waals surface area contributed by atoms with E-state index < -0.39 is 0 Å². The van der Waals surface area contributed by atoms with Crippen molar-refractivity contribution in [2.75, 3.05) is 0 Å².